The van der Waals surface area contributed by atoms with Crippen LogP contribution in [0.5, 0.6) is 0 Å². The van der Waals surface area contributed by atoms with Gasteiger partial charge in [0.2, 0.25) is 0 Å². The number of aromatic nitrogens is 3. The molecule has 0 radical (unpaired) electrons. The lowest BCUT2D eigenvalue weighted by Crippen LogP contribution is -2.38. The SMILES string of the molecule is COC(=O)c1cnnn1CC[C@@H]1CCO[C@H](OC(C)c2cc(C(F)(F)F)cc(C(F)(F)F)c2)[C@H]1c1ccccc1. The second kappa shape index (κ2) is 12.0. The first-order chi connectivity index (χ1) is 18.9. The third-order valence-electron chi connectivity index (χ3n) is 6.90. The summed E-state index contributed by atoms with van der Waals surface area (Å²) in [7, 11) is 1.24. The highest BCUT2D eigenvalue weighted by Gasteiger charge is 2.40. The maximum atomic E-state index is 13.4. The summed E-state index contributed by atoms with van der Waals surface area (Å²) in [6, 6.07) is 10.6. The molecule has 1 aliphatic rings. The molecule has 0 bridgehead atoms. The number of nitrogens with zero attached hydrogens (tertiary/aromatic N) is 3. The van der Waals surface area contributed by atoms with E-state index in [0.29, 0.717) is 31.5 Å². The molecule has 2 aromatic carbocycles. The molecule has 7 nitrogen and oxygen atoms in total. The number of aryl methyl sites for hydroxylation is 1. The van der Waals surface area contributed by atoms with Crippen LogP contribution in [0.4, 0.5) is 26.3 Å². The molecule has 216 valence electrons. The van der Waals surface area contributed by atoms with Gasteiger partial charge >= 0.3 is 18.3 Å². The maximum absolute atomic E-state index is 13.4. The van der Waals surface area contributed by atoms with Crippen LogP contribution in [0, 0.1) is 5.92 Å². The smallest absolute Gasteiger partial charge is 0.416 e. The Balaban J connectivity index is 1.60. The molecule has 1 saturated heterocycles. The summed E-state index contributed by atoms with van der Waals surface area (Å²) in [6.45, 7) is 1.95. The zero-order chi connectivity index (χ0) is 29.1. The second-order valence-corrected chi connectivity index (χ2v) is 9.46. The molecule has 0 aliphatic carbocycles. The fraction of sp³-hybridized carbons (Fsp3) is 0.444. The van der Waals surface area contributed by atoms with Crippen LogP contribution in [0.2, 0.25) is 0 Å². The zero-order valence-corrected chi connectivity index (χ0v) is 21.6. The third kappa shape index (κ3) is 6.81. The van der Waals surface area contributed by atoms with Gasteiger partial charge in [-0.15, -0.1) is 5.10 Å². The highest BCUT2D eigenvalue weighted by molar-refractivity contribution is 5.86. The van der Waals surface area contributed by atoms with E-state index in [0.717, 1.165) is 5.56 Å². The summed E-state index contributed by atoms with van der Waals surface area (Å²) in [5.74, 6) is -1.09. The van der Waals surface area contributed by atoms with Gasteiger partial charge in [-0.25, -0.2) is 9.48 Å². The fourth-order valence-corrected chi connectivity index (χ4v) is 4.86. The first kappa shape index (κ1) is 29.5. The van der Waals surface area contributed by atoms with Gasteiger partial charge in [0.05, 0.1) is 37.1 Å². The fourth-order valence-electron chi connectivity index (χ4n) is 4.86. The summed E-state index contributed by atoms with van der Waals surface area (Å²) < 4.78 is 98.7. The molecule has 1 unspecified atom stereocenters. The predicted molar refractivity (Wildman–Crippen MR) is 129 cm³/mol. The van der Waals surface area contributed by atoms with Crippen molar-refractivity contribution in [2.45, 2.75) is 57.0 Å². The number of ether oxygens (including phenoxy) is 3. The lowest BCUT2D eigenvalue weighted by molar-refractivity contribution is -0.210. The minimum atomic E-state index is -4.97. The maximum Gasteiger partial charge on any atom is 0.416 e. The van der Waals surface area contributed by atoms with E-state index < -0.39 is 47.8 Å². The number of halogens is 6. The van der Waals surface area contributed by atoms with Crippen molar-refractivity contribution in [3.63, 3.8) is 0 Å². The monoisotopic (exact) mass is 571 g/mol. The quantitative estimate of drug-likeness (QED) is 0.230. The normalized spacial score (nSPS) is 20.8. The average molecular weight is 572 g/mol. The highest BCUT2D eigenvalue weighted by Crippen LogP contribution is 2.42. The van der Waals surface area contributed by atoms with Crippen molar-refractivity contribution in [3.05, 3.63) is 82.7 Å². The molecule has 2 heterocycles. The Kier molecular flexibility index (Phi) is 8.83. The Bertz CT molecular complexity index is 1260. The van der Waals surface area contributed by atoms with E-state index in [9.17, 15) is 31.1 Å². The summed E-state index contributed by atoms with van der Waals surface area (Å²) >= 11 is 0. The van der Waals surface area contributed by atoms with Gasteiger partial charge in [-0.05, 0) is 55.0 Å². The van der Waals surface area contributed by atoms with E-state index in [1.165, 1.54) is 24.9 Å². The largest absolute Gasteiger partial charge is 0.464 e. The van der Waals surface area contributed by atoms with Crippen molar-refractivity contribution in [1.29, 1.82) is 0 Å². The predicted octanol–water partition coefficient (Wildman–Crippen LogP) is 6.42. The molecule has 3 aromatic rings. The second-order valence-electron chi connectivity index (χ2n) is 9.46. The number of carbonyl (C=O) groups excluding carboxylic acids is 1. The van der Waals surface area contributed by atoms with Crippen LogP contribution in [0.3, 0.4) is 0 Å². The Morgan fingerprint density at radius 2 is 1.73 bits per heavy atom. The van der Waals surface area contributed by atoms with Crippen LogP contribution in [0.1, 0.15) is 64.5 Å². The van der Waals surface area contributed by atoms with Gasteiger partial charge in [-0.2, -0.15) is 26.3 Å². The van der Waals surface area contributed by atoms with Crippen LogP contribution < -0.4 is 0 Å². The van der Waals surface area contributed by atoms with Gasteiger partial charge < -0.3 is 14.2 Å². The van der Waals surface area contributed by atoms with Crippen LogP contribution in [0.25, 0.3) is 0 Å². The average Bonchev–Trinajstić information content (AvgIpc) is 3.39. The highest BCUT2D eigenvalue weighted by atomic mass is 19.4. The molecule has 1 fully saturated rings. The first-order valence-electron chi connectivity index (χ1n) is 12.5. The van der Waals surface area contributed by atoms with Crippen molar-refractivity contribution in [3.8, 4) is 0 Å². The van der Waals surface area contributed by atoms with E-state index in [-0.39, 0.29) is 29.8 Å². The number of rotatable bonds is 8. The van der Waals surface area contributed by atoms with Crippen LogP contribution in [-0.2, 0) is 33.1 Å². The van der Waals surface area contributed by atoms with E-state index in [4.69, 9.17) is 14.2 Å². The molecule has 0 amide bonds. The van der Waals surface area contributed by atoms with E-state index in [1.54, 1.807) is 0 Å². The van der Waals surface area contributed by atoms with Crippen molar-refractivity contribution in [2.24, 2.45) is 5.92 Å². The van der Waals surface area contributed by atoms with Crippen molar-refractivity contribution in [1.82, 2.24) is 15.0 Å². The van der Waals surface area contributed by atoms with E-state index in [1.807, 2.05) is 30.3 Å². The van der Waals surface area contributed by atoms with Crippen molar-refractivity contribution in [2.75, 3.05) is 13.7 Å². The summed E-state index contributed by atoms with van der Waals surface area (Å²) in [5.41, 5.74) is -2.09. The minimum absolute atomic E-state index is 0.0862. The molecule has 1 aromatic heterocycles. The number of hydrogen-bond donors (Lipinski definition) is 0. The van der Waals surface area contributed by atoms with Gasteiger partial charge in [0.1, 0.15) is 0 Å². The van der Waals surface area contributed by atoms with Crippen LogP contribution >= 0.6 is 0 Å². The number of methoxy groups -OCH3 is 1. The summed E-state index contributed by atoms with van der Waals surface area (Å²) in [4.78, 5) is 12.0. The topological polar surface area (TPSA) is 75.5 Å². The molecule has 0 N–H and O–H groups in total. The molecule has 40 heavy (non-hydrogen) atoms. The number of hydrogen-bond acceptors (Lipinski definition) is 6. The van der Waals surface area contributed by atoms with Crippen molar-refractivity contribution >= 4 is 5.97 Å². The number of alkyl halides is 6. The molecule has 1 aliphatic heterocycles. The Hall–Kier alpha value is -3.45. The van der Waals surface area contributed by atoms with Crippen molar-refractivity contribution < 1.29 is 45.3 Å². The van der Waals surface area contributed by atoms with Gasteiger partial charge in [0, 0.05) is 12.5 Å². The lowest BCUT2D eigenvalue weighted by atomic mass is 9.80. The molecule has 0 spiro atoms. The van der Waals surface area contributed by atoms with E-state index in [2.05, 4.69) is 10.3 Å². The molecule has 0 saturated carbocycles. The first-order valence-corrected chi connectivity index (χ1v) is 12.5. The van der Waals surface area contributed by atoms with Gasteiger partial charge in [-0.1, -0.05) is 35.5 Å². The Labute approximate surface area is 226 Å². The molecule has 4 atom stereocenters. The standard InChI is InChI=1S/C27H27F6N3O4/c1-16(19-12-20(26(28,29)30)14-21(13-19)27(31,32)33)40-25-23(17-6-4-3-5-7-17)18(9-11-39-25)8-10-36-22(15-34-35-36)24(37)38-2/h3-7,12-16,18,23,25H,8-11H2,1-2H3/t16?,18-,23+,25-/m1/s1. The molecule has 13 heteroatoms. The number of carbonyl (C=O) groups is 1. The summed E-state index contributed by atoms with van der Waals surface area (Å²) in [5, 5.41) is 7.72. The zero-order valence-electron chi connectivity index (χ0n) is 21.6. The molecular formula is C27H27F6N3O4. The van der Waals surface area contributed by atoms with Gasteiger partial charge in [-0.3, -0.25) is 0 Å². The number of esters is 1. The van der Waals surface area contributed by atoms with Gasteiger partial charge in [0.25, 0.3) is 0 Å². The minimum Gasteiger partial charge on any atom is -0.464 e. The molecular weight excluding hydrogens is 544 g/mol. The van der Waals surface area contributed by atoms with E-state index >= 15 is 0 Å². The lowest BCUT2D eigenvalue weighted by Gasteiger charge is -2.39. The molecule has 4 rings (SSSR count). The van der Waals surface area contributed by atoms with Crippen LogP contribution in [-0.4, -0.2) is 41.0 Å². The summed E-state index contributed by atoms with van der Waals surface area (Å²) in [6.07, 6.45) is -9.67. The Morgan fingerprint density at radius 1 is 1.07 bits per heavy atom. The van der Waals surface area contributed by atoms with Crippen LogP contribution in [0.15, 0.2) is 54.7 Å². The Morgan fingerprint density at radius 3 is 2.33 bits per heavy atom. The van der Waals surface area contributed by atoms with Gasteiger partial charge in [0.15, 0.2) is 12.0 Å². The number of benzene rings is 2. The third-order valence-corrected chi connectivity index (χ3v) is 6.90.